The van der Waals surface area contributed by atoms with Crippen LogP contribution in [0.1, 0.15) is 52.5 Å². The number of anilines is 1. The number of alkyl carbamates (subject to hydrolysis) is 1. The van der Waals surface area contributed by atoms with Crippen LogP contribution in [0.2, 0.25) is 5.02 Å². The molecule has 4 rings (SSSR count). The fraction of sp³-hybridized carbons (Fsp3) is 0.611. The molecular formula is C36H50ClN3O10S2. The summed E-state index contributed by atoms with van der Waals surface area (Å²) < 4.78 is 29.2. The predicted molar refractivity (Wildman–Crippen MR) is 202 cm³/mol. The van der Waals surface area contributed by atoms with Gasteiger partial charge in [-0.15, -0.1) is 0 Å². The van der Waals surface area contributed by atoms with Gasteiger partial charge in [0.2, 0.25) is 11.8 Å². The lowest BCUT2D eigenvalue weighted by atomic mass is 9.83. The van der Waals surface area contributed by atoms with Gasteiger partial charge in [-0.05, 0) is 51.1 Å². The third-order valence-corrected chi connectivity index (χ3v) is 12.2. The molecule has 288 valence electrons. The molecule has 1 aromatic rings. The normalized spacial score (nSPS) is 31.6. The number of methoxy groups -OCH3 is 2. The number of epoxide rings is 1. The van der Waals surface area contributed by atoms with Crippen molar-refractivity contribution in [2.24, 2.45) is 5.92 Å². The van der Waals surface area contributed by atoms with Crippen molar-refractivity contribution < 1.29 is 48.0 Å². The molecule has 3 amide bonds. The highest BCUT2D eigenvalue weighted by molar-refractivity contribution is 8.76. The van der Waals surface area contributed by atoms with Crippen LogP contribution in [0, 0.1) is 5.92 Å². The van der Waals surface area contributed by atoms with Crippen molar-refractivity contribution in [3.05, 3.63) is 46.5 Å². The van der Waals surface area contributed by atoms with Gasteiger partial charge in [0, 0.05) is 45.7 Å². The summed E-state index contributed by atoms with van der Waals surface area (Å²) in [4.78, 5) is 56.2. The minimum atomic E-state index is -1.82. The van der Waals surface area contributed by atoms with E-state index < -0.39 is 65.7 Å². The zero-order valence-corrected chi connectivity index (χ0v) is 33.5. The topological polar surface area (TPSA) is 156 Å². The van der Waals surface area contributed by atoms with E-state index in [0.29, 0.717) is 23.6 Å². The average molecular weight is 784 g/mol. The van der Waals surface area contributed by atoms with Crippen LogP contribution in [0.15, 0.2) is 35.9 Å². The molecule has 0 aliphatic carbocycles. The van der Waals surface area contributed by atoms with E-state index in [1.165, 1.54) is 31.1 Å². The third-order valence-electron chi connectivity index (χ3n) is 10.0. The number of nitrogens with zero attached hydrogens (tertiary/aromatic N) is 2. The van der Waals surface area contributed by atoms with Crippen LogP contribution < -0.4 is 15.0 Å². The number of nitrogens with one attached hydrogen (secondary N) is 1. The van der Waals surface area contributed by atoms with E-state index in [-0.39, 0.29) is 30.2 Å². The lowest BCUT2D eigenvalue weighted by Crippen LogP contribution is -2.63. The molecule has 2 N–H and O–H groups in total. The van der Waals surface area contributed by atoms with E-state index in [9.17, 15) is 24.3 Å². The Labute approximate surface area is 318 Å². The first kappa shape index (κ1) is 41.8. The van der Waals surface area contributed by atoms with E-state index in [4.69, 9.17) is 35.3 Å². The summed E-state index contributed by atoms with van der Waals surface area (Å²) in [6.45, 7) is 7.02. The van der Waals surface area contributed by atoms with Gasteiger partial charge in [0.05, 0.1) is 25.3 Å². The summed E-state index contributed by atoms with van der Waals surface area (Å²) in [7, 11) is 9.14. The van der Waals surface area contributed by atoms with E-state index in [1.54, 1.807) is 73.7 Å². The summed E-state index contributed by atoms with van der Waals surface area (Å²) in [6, 6.07) is 2.63. The van der Waals surface area contributed by atoms with Crippen LogP contribution in [0.5, 0.6) is 5.75 Å². The molecule has 0 spiro atoms. The number of halogens is 1. The number of allylic oxidation sites excluding steroid dienone is 3. The quantitative estimate of drug-likeness (QED) is 0.151. The number of rotatable bonds is 9. The minimum Gasteiger partial charge on any atom is -0.495 e. The summed E-state index contributed by atoms with van der Waals surface area (Å²) >= 11 is 6.75. The van der Waals surface area contributed by atoms with Gasteiger partial charge < -0.3 is 38.6 Å². The smallest absolute Gasteiger partial charge is 0.409 e. The fourth-order valence-corrected chi connectivity index (χ4v) is 8.09. The second-order valence-corrected chi connectivity index (χ2v) is 16.7. The van der Waals surface area contributed by atoms with Gasteiger partial charge in [0.25, 0.3) is 0 Å². The van der Waals surface area contributed by atoms with Gasteiger partial charge >= 0.3 is 12.1 Å². The second kappa shape index (κ2) is 17.5. The maximum Gasteiger partial charge on any atom is 0.409 e. The Morgan fingerprint density at radius 3 is 2.63 bits per heavy atom. The molecule has 2 saturated heterocycles. The van der Waals surface area contributed by atoms with E-state index in [0.717, 1.165) is 11.1 Å². The van der Waals surface area contributed by atoms with Crippen molar-refractivity contribution in [2.45, 2.75) is 95.2 Å². The summed E-state index contributed by atoms with van der Waals surface area (Å²) in [5, 5.41) is 14.5. The number of benzene rings is 1. The maximum absolute atomic E-state index is 14.1. The zero-order valence-electron chi connectivity index (χ0n) is 31.1. The van der Waals surface area contributed by atoms with Crippen LogP contribution in [-0.2, 0) is 39.8 Å². The Kier molecular flexibility index (Phi) is 14.0. The molecule has 1 aromatic carbocycles. The number of aliphatic hydroxyl groups is 1. The number of carbonyl (C=O) groups is 4. The number of ether oxygens (including phenoxy) is 5. The number of carbonyl (C=O) groups excluding carboxylic acids is 4. The van der Waals surface area contributed by atoms with E-state index >= 15 is 0 Å². The highest BCUT2D eigenvalue weighted by Crippen LogP contribution is 2.49. The number of likely N-dealkylation sites (N-methyl/N-ethyl adjacent to an activating group) is 1. The molecule has 4 bridgehead atoms. The lowest BCUT2D eigenvalue weighted by Gasteiger charge is -2.42. The molecule has 0 aromatic heterocycles. The number of amides is 3. The average Bonchev–Trinajstić information content (AvgIpc) is 3.80. The van der Waals surface area contributed by atoms with Crippen LogP contribution in [0.25, 0.3) is 0 Å². The SMILES string of the molecule is COc1cc2cc(c1Cl)N(C)C(=O)C[C@H](OC(=O)[C@@H](C)N(C)C(=O)CCSSC)[C@]1(C)O[C@H]1[C@H](C)[C@@H]1C[C@@](O)(NC(=O)O1)[C@H](OC)/C=C/C=C(\C)C2. The first-order chi connectivity index (χ1) is 24.5. The van der Waals surface area contributed by atoms with Crippen molar-refractivity contribution in [2.75, 3.05) is 45.2 Å². The lowest BCUT2D eigenvalue weighted by molar-refractivity contribution is -0.161. The summed E-state index contributed by atoms with van der Waals surface area (Å²) in [6.07, 6.45) is 3.17. The number of hydrogen-bond acceptors (Lipinski definition) is 12. The van der Waals surface area contributed by atoms with Gasteiger partial charge in [0.1, 0.15) is 40.7 Å². The molecule has 0 unspecified atom stereocenters. The van der Waals surface area contributed by atoms with Crippen molar-refractivity contribution in [3.8, 4) is 5.75 Å². The summed E-state index contributed by atoms with van der Waals surface area (Å²) in [5.41, 5.74) is -0.884. The Morgan fingerprint density at radius 1 is 1.27 bits per heavy atom. The first-order valence-electron chi connectivity index (χ1n) is 17.0. The second-order valence-electron chi connectivity index (χ2n) is 13.6. The monoisotopic (exact) mass is 783 g/mol. The van der Waals surface area contributed by atoms with Crippen molar-refractivity contribution in [1.29, 1.82) is 0 Å². The summed E-state index contributed by atoms with van der Waals surface area (Å²) in [5.74, 6) is -0.916. The molecular weight excluding hydrogens is 734 g/mol. The van der Waals surface area contributed by atoms with Crippen molar-refractivity contribution >= 4 is 62.8 Å². The van der Waals surface area contributed by atoms with Crippen LogP contribution in [0.3, 0.4) is 0 Å². The van der Waals surface area contributed by atoms with Crippen molar-refractivity contribution in [3.63, 3.8) is 0 Å². The Morgan fingerprint density at radius 2 is 1.98 bits per heavy atom. The van der Waals surface area contributed by atoms with Gasteiger partial charge in [-0.2, -0.15) is 0 Å². The molecule has 8 atom stereocenters. The highest BCUT2D eigenvalue weighted by atomic mass is 35.5. The minimum absolute atomic E-state index is 0.0452. The molecule has 3 aliphatic rings. The molecule has 0 radical (unpaired) electrons. The Balaban J connectivity index is 1.74. The first-order valence-corrected chi connectivity index (χ1v) is 20.1. The van der Waals surface area contributed by atoms with E-state index in [1.807, 2.05) is 19.3 Å². The van der Waals surface area contributed by atoms with Gasteiger partial charge in [-0.1, -0.05) is 63.9 Å². The largest absolute Gasteiger partial charge is 0.495 e. The molecule has 3 heterocycles. The molecule has 3 aliphatic heterocycles. The van der Waals surface area contributed by atoms with E-state index in [2.05, 4.69) is 5.32 Å². The molecule has 16 heteroatoms. The molecule has 13 nitrogen and oxygen atoms in total. The van der Waals surface area contributed by atoms with Crippen LogP contribution in [-0.4, -0.2) is 116 Å². The van der Waals surface area contributed by atoms with Gasteiger partial charge in [-0.25, -0.2) is 9.59 Å². The standard InChI is InChI=1S/C36H50ClN3O10S2/c1-20-11-10-12-27(47-8)36(45)19-26(48-34(44)38-36)21(2)32-35(4,50-32)28(49-33(43)22(3)39(5)29(41)13-14-52-51-9)18-30(42)40(6)24-16-23(15-20)17-25(46-7)31(24)37/h10-12,16-17,21-22,26-28,32,45H,13-15,18-19H2,1-9H3,(H,38,44)/b12-10+,20-11+/t21-,22-,26+,27-,28+,32+,35+,36+/m1/s1. The van der Waals surface area contributed by atoms with Crippen LogP contribution >= 0.6 is 33.2 Å². The zero-order chi connectivity index (χ0) is 38.5. The van der Waals surface area contributed by atoms with Crippen LogP contribution in [0.4, 0.5) is 10.5 Å². The van der Waals surface area contributed by atoms with Gasteiger partial charge in [-0.3, -0.25) is 14.9 Å². The number of fused-ring (bicyclic) bond motifs is 5. The Bertz CT molecular complexity index is 1580. The number of esters is 1. The molecule has 2 fully saturated rings. The third kappa shape index (κ3) is 9.40. The van der Waals surface area contributed by atoms with Crippen molar-refractivity contribution in [1.82, 2.24) is 10.2 Å². The Hall–Kier alpha value is -2.95. The number of hydrogen-bond donors (Lipinski definition) is 2. The highest BCUT2D eigenvalue weighted by Gasteiger charge is 2.64. The maximum atomic E-state index is 14.1. The fourth-order valence-electron chi connectivity index (χ4n) is 6.61. The van der Waals surface area contributed by atoms with Gasteiger partial charge in [0.15, 0.2) is 5.72 Å². The predicted octanol–water partition coefficient (Wildman–Crippen LogP) is 4.92. The molecule has 0 saturated carbocycles. The molecule has 52 heavy (non-hydrogen) atoms.